The summed E-state index contributed by atoms with van der Waals surface area (Å²) in [5.74, 6) is -1.31. The van der Waals surface area contributed by atoms with Crippen LogP contribution in [-0.2, 0) is 17.2 Å². The Bertz CT molecular complexity index is 997. The van der Waals surface area contributed by atoms with Crippen LogP contribution in [0.4, 0.5) is 0 Å². The Morgan fingerprint density at radius 3 is 2.63 bits per heavy atom. The zero-order valence-electron chi connectivity index (χ0n) is 16.0. The molecule has 0 radical (unpaired) electrons. The molecule has 0 saturated carbocycles. The fourth-order valence-electron chi connectivity index (χ4n) is 3.66. The molecule has 0 spiro atoms. The molecule has 1 heterocycles. The second kappa shape index (κ2) is 7.69. The Kier molecular flexibility index (Phi) is 5.51. The fourth-order valence-corrected chi connectivity index (χ4v) is 3.95. The summed E-state index contributed by atoms with van der Waals surface area (Å²) in [6, 6.07) is 10.0. The molecule has 6 heteroatoms. The Labute approximate surface area is 164 Å². The third-order valence-corrected chi connectivity index (χ3v) is 5.67. The number of carboxylic acids is 1. The van der Waals surface area contributed by atoms with E-state index in [0.717, 1.165) is 45.4 Å². The first-order chi connectivity index (χ1) is 12.9. The van der Waals surface area contributed by atoms with Gasteiger partial charge in [0.1, 0.15) is 5.52 Å². The highest BCUT2D eigenvalue weighted by Crippen LogP contribution is 2.37. The molecule has 0 aliphatic rings. The lowest BCUT2D eigenvalue weighted by Crippen LogP contribution is -2.21. The Morgan fingerprint density at radius 2 is 2.00 bits per heavy atom. The summed E-state index contributed by atoms with van der Waals surface area (Å²) >= 11 is 6.09. The van der Waals surface area contributed by atoms with Crippen molar-refractivity contribution in [3.63, 3.8) is 0 Å². The average molecular weight is 386 g/mol. The van der Waals surface area contributed by atoms with Crippen LogP contribution in [0.5, 0.6) is 0 Å². The van der Waals surface area contributed by atoms with Crippen LogP contribution in [0.3, 0.4) is 0 Å². The monoisotopic (exact) mass is 385 g/mol. The standard InChI is InChI=1S/C21H24ClN3O2/c1-5-25-18-9-8-17(13(3)20(18)23-24-25)19(14(4)21(26)27)15-7-6-12(2)16(10-15)11-22/h6-10,14,19H,5,11H2,1-4H3,(H,26,27). The number of alkyl halides is 1. The van der Waals surface area contributed by atoms with E-state index in [-0.39, 0.29) is 5.92 Å². The molecule has 1 N–H and O–H groups in total. The van der Waals surface area contributed by atoms with Gasteiger partial charge < -0.3 is 5.11 Å². The maximum atomic E-state index is 11.9. The maximum absolute atomic E-state index is 11.9. The van der Waals surface area contributed by atoms with Gasteiger partial charge in [-0.05, 0) is 54.7 Å². The van der Waals surface area contributed by atoms with Gasteiger partial charge in [-0.1, -0.05) is 36.4 Å². The predicted octanol–water partition coefficient (Wildman–Crippen LogP) is 4.66. The van der Waals surface area contributed by atoms with Gasteiger partial charge in [-0.2, -0.15) is 0 Å². The molecule has 27 heavy (non-hydrogen) atoms. The molecule has 1 aromatic heterocycles. The molecule has 3 aromatic rings. The van der Waals surface area contributed by atoms with Crippen molar-refractivity contribution in [2.75, 3.05) is 0 Å². The molecule has 0 aliphatic carbocycles. The molecule has 5 nitrogen and oxygen atoms in total. The Morgan fingerprint density at radius 1 is 1.26 bits per heavy atom. The van der Waals surface area contributed by atoms with Crippen LogP contribution in [0.25, 0.3) is 11.0 Å². The van der Waals surface area contributed by atoms with Gasteiger partial charge in [0, 0.05) is 18.3 Å². The lowest BCUT2D eigenvalue weighted by molar-refractivity contribution is -0.141. The minimum atomic E-state index is -0.829. The van der Waals surface area contributed by atoms with Crippen LogP contribution in [0, 0.1) is 19.8 Å². The van der Waals surface area contributed by atoms with Crippen LogP contribution < -0.4 is 0 Å². The van der Waals surface area contributed by atoms with Crippen molar-refractivity contribution >= 4 is 28.6 Å². The average Bonchev–Trinajstić information content (AvgIpc) is 3.08. The normalized spacial score (nSPS) is 13.7. The molecule has 2 aromatic carbocycles. The SMILES string of the molecule is CCn1nnc2c(C)c(C(c3ccc(C)c(CCl)c3)C(C)C(=O)O)ccc21. The summed E-state index contributed by atoms with van der Waals surface area (Å²) in [5, 5.41) is 18.3. The van der Waals surface area contributed by atoms with E-state index in [4.69, 9.17) is 11.6 Å². The van der Waals surface area contributed by atoms with Crippen LogP contribution in [0.15, 0.2) is 30.3 Å². The van der Waals surface area contributed by atoms with E-state index in [1.54, 1.807) is 6.92 Å². The predicted molar refractivity (Wildman–Crippen MR) is 107 cm³/mol. The topological polar surface area (TPSA) is 68.0 Å². The molecule has 0 aliphatic heterocycles. The summed E-state index contributed by atoms with van der Waals surface area (Å²) in [6.45, 7) is 8.51. The molecule has 0 amide bonds. The molecular formula is C21H24ClN3O2. The quantitative estimate of drug-likeness (QED) is 0.626. The van der Waals surface area contributed by atoms with Gasteiger partial charge >= 0.3 is 5.97 Å². The number of carboxylic acid groups (broad SMARTS) is 1. The summed E-state index contributed by atoms with van der Waals surface area (Å²) in [5.41, 5.74) is 6.80. The van der Waals surface area contributed by atoms with Crippen LogP contribution in [0.2, 0.25) is 0 Å². The molecule has 0 fully saturated rings. The van der Waals surface area contributed by atoms with E-state index in [0.29, 0.717) is 5.88 Å². The summed E-state index contributed by atoms with van der Waals surface area (Å²) in [4.78, 5) is 11.9. The van der Waals surface area contributed by atoms with Crippen molar-refractivity contribution in [1.82, 2.24) is 15.0 Å². The minimum absolute atomic E-state index is 0.291. The fraction of sp³-hybridized carbons (Fsp3) is 0.381. The van der Waals surface area contributed by atoms with Gasteiger partial charge in [0.2, 0.25) is 0 Å². The second-order valence-corrected chi connectivity index (χ2v) is 7.24. The number of benzene rings is 2. The summed E-state index contributed by atoms with van der Waals surface area (Å²) in [6.07, 6.45) is 0. The van der Waals surface area contributed by atoms with Gasteiger partial charge in [0.05, 0.1) is 11.4 Å². The number of nitrogens with zero attached hydrogens (tertiary/aromatic N) is 3. The number of carbonyl (C=O) groups is 1. The Balaban J connectivity index is 2.21. The van der Waals surface area contributed by atoms with E-state index >= 15 is 0 Å². The van der Waals surface area contributed by atoms with Gasteiger partial charge in [-0.15, -0.1) is 16.7 Å². The number of aromatic nitrogens is 3. The van der Waals surface area contributed by atoms with Gasteiger partial charge in [0.25, 0.3) is 0 Å². The molecule has 3 rings (SSSR count). The van der Waals surface area contributed by atoms with Crippen molar-refractivity contribution in [2.24, 2.45) is 5.92 Å². The number of fused-ring (bicyclic) bond motifs is 1. The number of hydrogen-bond donors (Lipinski definition) is 1. The number of halogens is 1. The Hall–Kier alpha value is -2.40. The largest absolute Gasteiger partial charge is 0.481 e. The highest BCUT2D eigenvalue weighted by molar-refractivity contribution is 6.17. The highest BCUT2D eigenvalue weighted by Gasteiger charge is 2.29. The first-order valence-corrected chi connectivity index (χ1v) is 9.63. The minimum Gasteiger partial charge on any atom is -0.481 e. The number of hydrogen-bond acceptors (Lipinski definition) is 3. The number of rotatable bonds is 6. The highest BCUT2D eigenvalue weighted by atomic mass is 35.5. The van der Waals surface area contributed by atoms with Crippen LogP contribution >= 0.6 is 11.6 Å². The molecule has 2 atom stereocenters. The lowest BCUT2D eigenvalue weighted by atomic mass is 9.79. The first kappa shape index (κ1) is 19.4. The maximum Gasteiger partial charge on any atom is 0.307 e. The zero-order chi connectivity index (χ0) is 19.7. The molecular weight excluding hydrogens is 362 g/mol. The van der Waals surface area contributed by atoms with Gasteiger partial charge in [-0.25, -0.2) is 4.68 Å². The second-order valence-electron chi connectivity index (χ2n) is 6.98. The smallest absolute Gasteiger partial charge is 0.307 e. The van der Waals surface area contributed by atoms with E-state index in [1.807, 2.05) is 55.8 Å². The summed E-state index contributed by atoms with van der Waals surface area (Å²) in [7, 11) is 0. The van der Waals surface area contributed by atoms with Gasteiger partial charge in [-0.3, -0.25) is 4.79 Å². The van der Waals surface area contributed by atoms with Crippen molar-refractivity contribution < 1.29 is 9.90 Å². The third kappa shape index (κ3) is 3.44. The van der Waals surface area contributed by atoms with Crippen LogP contribution in [0.1, 0.15) is 47.6 Å². The molecule has 2 unspecified atom stereocenters. The van der Waals surface area contributed by atoms with E-state index in [9.17, 15) is 9.90 Å². The van der Waals surface area contributed by atoms with Crippen molar-refractivity contribution in [1.29, 1.82) is 0 Å². The molecule has 142 valence electrons. The lowest BCUT2D eigenvalue weighted by Gasteiger charge is -2.25. The van der Waals surface area contributed by atoms with Crippen LogP contribution in [-0.4, -0.2) is 26.1 Å². The molecule has 0 saturated heterocycles. The number of aryl methyl sites for hydroxylation is 3. The van der Waals surface area contributed by atoms with Gasteiger partial charge in [0.15, 0.2) is 0 Å². The summed E-state index contributed by atoms with van der Waals surface area (Å²) < 4.78 is 1.85. The van der Waals surface area contributed by atoms with Crippen molar-refractivity contribution in [2.45, 2.75) is 46.0 Å². The third-order valence-electron chi connectivity index (χ3n) is 5.38. The first-order valence-electron chi connectivity index (χ1n) is 9.09. The van der Waals surface area contributed by atoms with E-state index in [2.05, 4.69) is 10.3 Å². The number of aliphatic carboxylic acids is 1. The van der Waals surface area contributed by atoms with E-state index < -0.39 is 11.9 Å². The van der Waals surface area contributed by atoms with Crippen molar-refractivity contribution in [3.8, 4) is 0 Å². The van der Waals surface area contributed by atoms with E-state index in [1.165, 1.54) is 0 Å². The zero-order valence-corrected chi connectivity index (χ0v) is 16.8. The van der Waals surface area contributed by atoms with Crippen molar-refractivity contribution in [3.05, 3.63) is 58.1 Å². The molecule has 0 bridgehead atoms.